The summed E-state index contributed by atoms with van der Waals surface area (Å²) >= 11 is 0. The Balaban J connectivity index is 2.32. The van der Waals surface area contributed by atoms with Gasteiger partial charge in [-0.25, -0.2) is 13.6 Å². The fourth-order valence-electron chi connectivity index (χ4n) is 2.88. The molecule has 0 aliphatic heterocycles. The Kier molecular flexibility index (Phi) is 4.41. The molecule has 2 rings (SSSR count). The molecule has 1 aromatic rings. The molecule has 1 unspecified atom stereocenters. The van der Waals surface area contributed by atoms with Gasteiger partial charge in [0.25, 0.3) is 5.92 Å². The van der Waals surface area contributed by atoms with Crippen LogP contribution in [0, 0.1) is 11.3 Å². The molecule has 1 aliphatic carbocycles. The lowest BCUT2D eigenvalue weighted by Crippen LogP contribution is -2.41. The number of nitrogens with zero attached hydrogens (tertiary/aromatic N) is 2. The van der Waals surface area contributed by atoms with Crippen LogP contribution in [0.3, 0.4) is 0 Å². The van der Waals surface area contributed by atoms with E-state index in [-0.39, 0.29) is 11.8 Å². The lowest BCUT2D eigenvalue weighted by molar-refractivity contribution is -0.123. The highest BCUT2D eigenvalue weighted by Gasteiger charge is 2.57. The molecule has 0 radical (unpaired) electrons. The van der Waals surface area contributed by atoms with Crippen molar-refractivity contribution in [1.82, 2.24) is 9.55 Å². The first-order chi connectivity index (χ1) is 10.1. The molecule has 124 valence electrons. The summed E-state index contributed by atoms with van der Waals surface area (Å²) in [6.07, 6.45) is -0.248. The molecule has 0 amide bonds. The molecule has 0 aromatic carbocycles. The quantitative estimate of drug-likeness (QED) is 0.883. The smallest absolute Gasteiger partial charge is 0.348 e. The highest BCUT2D eigenvalue weighted by molar-refractivity contribution is 5.06. The van der Waals surface area contributed by atoms with Crippen molar-refractivity contribution >= 4 is 0 Å². The molecule has 1 fully saturated rings. The molecular formula is C15H22F2N2O3. The maximum atomic E-state index is 14.1. The van der Waals surface area contributed by atoms with Crippen molar-refractivity contribution < 1.29 is 19.0 Å². The summed E-state index contributed by atoms with van der Waals surface area (Å²) in [7, 11) is 0. The summed E-state index contributed by atoms with van der Waals surface area (Å²) < 4.78 is 29.1. The molecule has 22 heavy (non-hydrogen) atoms. The van der Waals surface area contributed by atoms with E-state index in [1.807, 2.05) is 20.8 Å². The van der Waals surface area contributed by atoms with Crippen LogP contribution in [-0.4, -0.2) is 38.4 Å². The van der Waals surface area contributed by atoms with Gasteiger partial charge in [0.15, 0.2) is 0 Å². The first-order valence-corrected chi connectivity index (χ1v) is 7.31. The third-order valence-electron chi connectivity index (χ3n) is 3.98. The predicted octanol–water partition coefficient (Wildman–Crippen LogP) is 1.38. The third kappa shape index (κ3) is 3.20. The van der Waals surface area contributed by atoms with E-state index in [1.54, 1.807) is 6.07 Å². The maximum Gasteiger partial charge on any atom is 0.348 e. The lowest BCUT2D eigenvalue weighted by atomic mass is 9.90. The van der Waals surface area contributed by atoms with Gasteiger partial charge < -0.3 is 10.2 Å². The van der Waals surface area contributed by atoms with E-state index >= 15 is 0 Å². The average Bonchev–Trinajstić information content (AvgIpc) is 2.60. The zero-order valence-corrected chi connectivity index (χ0v) is 13.0. The number of aliphatic hydroxyl groups is 2. The van der Waals surface area contributed by atoms with Gasteiger partial charge in [0.05, 0.1) is 0 Å². The number of halogens is 2. The van der Waals surface area contributed by atoms with Crippen LogP contribution in [0.4, 0.5) is 8.78 Å². The topological polar surface area (TPSA) is 75.3 Å². The standard InChI is InChI=1S/C15H22F2N2O3/c1-14(2,3)7-10-4-5-19(13(22)18-10)11-6-9(8-20)12(21)15(11,16)17/h4-5,9,11-12,20-21H,6-8H2,1-3H3/t9-,11?,12-/m1/s1. The Bertz CT molecular complexity index is 595. The Hall–Kier alpha value is -1.34. The second kappa shape index (κ2) is 5.70. The molecule has 0 saturated heterocycles. The summed E-state index contributed by atoms with van der Waals surface area (Å²) in [5.74, 6) is -4.41. The minimum absolute atomic E-state index is 0.0684. The number of aromatic nitrogens is 2. The molecule has 3 atom stereocenters. The molecule has 1 heterocycles. The summed E-state index contributed by atoms with van der Waals surface area (Å²) in [4.78, 5) is 16.0. The molecule has 2 N–H and O–H groups in total. The maximum absolute atomic E-state index is 14.1. The van der Waals surface area contributed by atoms with E-state index in [4.69, 9.17) is 5.11 Å². The van der Waals surface area contributed by atoms with Crippen molar-refractivity contribution in [1.29, 1.82) is 0 Å². The number of aliphatic hydroxyl groups excluding tert-OH is 2. The van der Waals surface area contributed by atoms with Gasteiger partial charge in [0.2, 0.25) is 0 Å². The first-order valence-electron chi connectivity index (χ1n) is 7.31. The van der Waals surface area contributed by atoms with Crippen LogP contribution in [0.1, 0.15) is 38.9 Å². The van der Waals surface area contributed by atoms with Gasteiger partial charge in [0, 0.05) is 24.4 Å². The normalized spacial score (nSPS) is 28.0. The van der Waals surface area contributed by atoms with Crippen molar-refractivity contribution in [3.8, 4) is 0 Å². The fourth-order valence-corrected chi connectivity index (χ4v) is 2.88. The van der Waals surface area contributed by atoms with Crippen LogP contribution in [0.15, 0.2) is 17.1 Å². The molecule has 1 aromatic heterocycles. The Morgan fingerprint density at radius 2 is 2.09 bits per heavy atom. The van der Waals surface area contributed by atoms with Crippen molar-refractivity contribution in [3.63, 3.8) is 0 Å². The van der Waals surface area contributed by atoms with Crippen molar-refractivity contribution in [2.24, 2.45) is 11.3 Å². The monoisotopic (exact) mass is 316 g/mol. The van der Waals surface area contributed by atoms with Crippen LogP contribution in [0.25, 0.3) is 0 Å². The van der Waals surface area contributed by atoms with E-state index in [0.29, 0.717) is 12.1 Å². The van der Waals surface area contributed by atoms with E-state index in [2.05, 4.69) is 4.98 Å². The highest BCUT2D eigenvalue weighted by Crippen LogP contribution is 2.46. The minimum Gasteiger partial charge on any atom is -0.396 e. The zero-order chi connectivity index (χ0) is 16.7. The Morgan fingerprint density at radius 3 is 2.55 bits per heavy atom. The van der Waals surface area contributed by atoms with Crippen LogP contribution < -0.4 is 5.69 Å². The van der Waals surface area contributed by atoms with Gasteiger partial charge in [-0.05, 0) is 24.3 Å². The van der Waals surface area contributed by atoms with Crippen molar-refractivity contribution in [2.75, 3.05) is 6.61 Å². The van der Waals surface area contributed by atoms with Gasteiger partial charge in [-0.1, -0.05) is 20.8 Å². The van der Waals surface area contributed by atoms with Crippen molar-refractivity contribution in [3.05, 3.63) is 28.4 Å². The number of hydrogen-bond donors (Lipinski definition) is 2. The molecule has 0 bridgehead atoms. The predicted molar refractivity (Wildman–Crippen MR) is 76.8 cm³/mol. The fraction of sp³-hybridized carbons (Fsp3) is 0.733. The highest BCUT2D eigenvalue weighted by atomic mass is 19.3. The van der Waals surface area contributed by atoms with Gasteiger partial charge in [0.1, 0.15) is 12.1 Å². The largest absolute Gasteiger partial charge is 0.396 e. The van der Waals surface area contributed by atoms with Gasteiger partial charge in [-0.2, -0.15) is 4.98 Å². The second-order valence-electron chi connectivity index (χ2n) is 7.16. The molecule has 7 heteroatoms. The number of hydrogen-bond acceptors (Lipinski definition) is 4. The van der Waals surface area contributed by atoms with Gasteiger partial charge in [-0.3, -0.25) is 4.57 Å². The second-order valence-corrected chi connectivity index (χ2v) is 7.16. The third-order valence-corrected chi connectivity index (χ3v) is 3.98. The van der Waals surface area contributed by atoms with E-state index in [1.165, 1.54) is 6.20 Å². The molecular weight excluding hydrogens is 294 g/mol. The number of rotatable bonds is 3. The molecule has 5 nitrogen and oxygen atoms in total. The van der Waals surface area contributed by atoms with Crippen LogP contribution in [0.5, 0.6) is 0 Å². The van der Waals surface area contributed by atoms with Crippen LogP contribution in [0.2, 0.25) is 0 Å². The number of alkyl halides is 2. The average molecular weight is 316 g/mol. The summed E-state index contributed by atoms with van der Waals surface area (Å²) in [5, 5.41) is 18.7. The van der Waals surface area contributed by atoms with E-state index in [9.17, 15) is 18.7 Å². The zero-order valence-electron chi connectivity index (χ0n) is 13.0. The molecule has 0 spiro atoms. The first kappa shape index (κ1) is 17.0. The summed E-state index contributed by atoms with van der Waals surface area (Å²) in [6, 6.07) is 0.0739. The summed E-state index contributed by atoms with van der Waals surface area (Å²) in [5.41, 5.74) is -0.271. The van der Waals surface area contributed by atoms with E-state index in [0.717, 1.165) is 4.57 Å². The summed E-state index contributed by atoms with van der Waals surface area (Å²) in [6.45, 7) is 5.44. The molecule has 1 saturated carbocycles. The van der Waals surface area contributed by atoms with Gasteiger partial charge in [-0.15, -0.1) is 0 Å². The van der Waals surface area contributed by atoms with Crippen LogP contribution >= 0.6 is 0 Å². The van der Waals surface area contributed by atoms with Crippen molar-refractivity contribution in [2.45, 2.75) is 51.7 Å². The van der Waals surface area contributed by atoms with Gasteiger partial charge >= 0.3 is 5.69 Å². The SMILES string of the molecule is CC(C)(C)Cc1ccn(C2C[C@H](CO)[C@@H](O)C2(F)F)c(=O)n1. The minimum atomic E-state index is -3.47. The Labute approximate surface area is 127 Å². The Morgan fingerprint density at radius 1 is 1.45 bits per heavy atom. The lowest BCUT2D eigenvalue weighted by Gasteiger charge is -2.24. The van der Waals surface area contributed by atoms with E-state index < -0.39 is 36.3 Å². The molecule has 1 aliphatic rings. The van der Waals surface area contributed by atoms with Crippen LogP contribution in [-0.2, 0) is 6.42 Å².